The summed E-state index contributed by atoms with van der Waals surface area (Å²) in [6, 6.07) is 23.1. The molecule has 1 aliphatic heterocycles. The summed E-state index contributed by atoms with van der Waals surface area (Å²) in [7, 11) is 5.66. The third-order valence-electron chi connectivity index (χ3n) is 5.29. The Morgan fingerprint density at radius 3 is 2.31 bits per heavy atom. The molecule has 3 aromatic rings. The summed E-state index contributed by atoms with van der Waals surface area (Å²) in [6.45, 7) is 0.852. The Balaban J connectivity index is 1.81. The molecule has 3 N–H and O–H groups in total. The molecule has 3 aromatic carbocycles. The van der Waals surface area contributed by atoms with Crippen molar-refractivity contribution in [2.75, 3.05) is 31.8 Å². The molecule has 0 atom stereocenters. The highest BCUT2D eigenvalue weighted by Crippen LogP contribution is 2.38. The lowest BCUT2D eigenvalue weighted by Crippen LogP contribution is -2.17. The average Bonchev–Trinajstić information content (AvgIpc) is 3.13. The van der Waals surface area contributed by atoms with Crippen LogP contribution in [0.4, 0.5) is 11.4 Å². The quantitative estimate of drug-likeness (QED) is 0.520. The van der Waals surface area contributed by atoms with Gasteiger partial charge in [-0.3, -0.25) is 9.59 Å². The van der Waals surface area contributed by atoms with Gasteiger partial charge in [-0.15, -0.1) is 0 Å². The van der Waals surface area contributed by atoms with Gasteiger partial charge in [0.05, 0.1) is 11.3 Å². The minimum atomic E-state index is -0.204. The lowest BCUT2D eigenvalue weighted by molar-refractivity contribution is -0.110. The molecule has 0 bridgehead atoms. The predicted molar refractivity (Wildman–Crippen MR) is 129 cm³/mol. The number of benzene rings is 3. The van der Waals surface area contributed by atoms with Crippen molar-refractivity contribution in [3.8, 4) is 0 Å². The van der Waals surface area contributed by atoms with E-state index in [1.54, 1.807) is 25.2 Å². The molecule has 0 radical (unpaired) electrons. The number of nitrogens with zero attached hydrogens (tertiary/aromatic N) is 1. The van der Waals surface area contributed by atoms with Crippen molar-refractivity contribution in [3.63, 3.8) is 0 Å². The summed E-state index contributed by atoms with van der Waals surface area (Å²) >= 11 is 0. The fraction of sp³-hybridized carbons (Fsp3) is 0.154. The molecule has 0 aromatic heterocycles. The van der Waals surface area contributed by atoms with Crippen LogP contribution in [-0.4, -0.2) is 37.9 Å². The van der Waals surface area contributed by atoms with E-state index >= 15 is 0 Å². The van der Waals surface area contributed by atoms with Crippen LogP contribution < -0.4 is 16.0 Å². The van der Waals surface area contributed by atoms with Crippen molar-refractivity contribution in [1.82, 2.24) is 10.2 Å². The van der Waals surface area contributed by atoms with E-state index < -0.39 is 0 Å². The summed E-state index contributed by atoms with van der Waals surface area (Å²) in [5.74, 6) is -0.401. The zero-order chi connectivity index (χ0) is 22.7. The molecule has 0 spiro atoms. The van der Waals surface area contributed by atoms with Gasteiger partial charge in [0, 0.05) is 36.1 Å². The molecule has 0 fully saturated rings. The number of carbonyl (C=O) groups excluding carboxylic acids is 2. The highest BCUT2D eigenvalue weighted by molar-refractivity contribution is 6.37. The molecule has 0 saturated heterocycles. The van der Waals surface area contributed by atoms with Gasteiger partial charge in [0.25, 0.3) is 11.8 Å². The molecule has 0 unspecified atom stereocenters. The van der Waals surface area contributed by atoms with Crippen molar-refractivity contribution in [2.45, 2.75) is 6.54 Å². The fourth-order valence-electron chi connectivity index (χ4n) is 3.79. The number of amides is 2. The molecule has 162 valence electrons. The lowest BCUT2D eigenvalue weighted by Gasteiger charge is -2.16. The lowest BCUT2D eigenvalue weighted by atomic mass is 9.98. The summed E-state index contributed by atoms with van der Waals surface area (Å²) in [5, 5.41) is 9.02. The van der Waals surface area contributed by atoms with E-state index in [2.05, 4.69) is 33.0 Å². The maximum Gasteiger partial charge on any atom is 0.258 e. The highest BCUT2D eigenvalue weighted by atomic mass is 16.2. The Hall–Kier alpha value is -3.90. The number of nitrogens with one attached hydrogen (secondary N) is 3. The second-order valence-electron chi connectivity index (χ2n) is 7.97. The minimum Gasteiger partial charge on any atom is -0.355 e. The number of hydrogen-bond acceptors (Lipinski definition) is 4. The molecule has 32 heavy (non-hydrogen) atoms. The summed E-state index contributed by atoms with van der Waals surface area (Å²) in [6.07, 6.45) is 0. The van der Waals surface area contributed by atoms with E-state index in [1.165, 1.54) is 5.56 Å². The molecule has 4 rings (SSSR count). The second kappa shape index (κ2) is 9.08. The maximum absolute atomic E-state index is 13.0. The maximum atomic E-state index is 13.0. The van der Waals surface area contributed by atoms with Gasteiger partial charge in [0.15, 0.2) is 0 Å². The number of hydrogen-bond donors (Lipinski definition) is 3. The van der Waals surface area contributed by atoms with Crippen LogP contribution in [0.25, 0.3) is 11.3 Å². The van der Waals surface area contributed by atoms with Crippen molar-refractivity contribution in [3.05, 3.63) is 95.1 Å². The van der Waals surface area contributed by atoms with E-state index in [0.717, 1.165) is 17.8 Å². The third kappa shape index (κ3) is 4.40. The first-order valence-electron chi connectivity index (χ1n) is 10.4. The standard InChI is InChI=1S/C26H26N4O2/c1-27-25(31)19-11-14-22-21(15-19)23(26(32)29-22)24(18-7-5-4-6-8-18)28-20-12-9-17(10-13-20)16-30(2)3/h4-15,28H,16H2,1-3H3,(H,27,31)(H,29,32)/b24-23-. The predicted octanol–water partition coefficient (Wildman–Crippen LogP) is 4.04. The molecule has 1 heterocycles. The zero-order valence-electron chi connectivity index (χ0n) is 18.4. The van der Waals surface area contributed by atoms with Crippen LogP contribution in [0.2, 0.25) is 0 Å². The molecule has 6 heteroatoms. The van der Waals surface area contributed by atoms with Gasteiger partial charge in [-0.25, -0.2) is 0 Å². The molecule has 2 amide bonds. The Morgan fingerprint density at radius 1 is 0.938 bits per heavy atom. The van der Waals surface area contributed by atoms with E-state index in [9.17, 15) is 9.59 Å². The Morgan fingerprint density at radius 2 is 1.66 bits per heavy atom. The Labute approximate surface area is 188 Å². The summed E-state index contributed by atoms with van der Waals surface area (Å²) < 4.78 is 0. The minimum absolute atomic E-state index is 0.197. The van der Waals surface area contributed by atoms with Gasteiger partial charge in [0.2, 0.25) is 0 Å². The topological polar surface area (TPSA) is 73.5 Å². The van der Waals surface area contributed by atoms with Gasteiger partial charge in [-0.1, -0.05) is 42.5 Å². The first kappa shape index (κ1) is 21.3. The highest BCUT2D eigenvalue weighted by Gasteiger charge is 2.29. The summed E-state index contributed by atoms with van der Waals surface area (Å²) in [5.41, 5.74) is 6.05. The molecule has 6 nitrogen and oxygen atoms in total. The first-order chi connectivity index (χ1) is 15.5. The Bertz CT molecular complexity index is 1180. The molecule has 0 aliphatic carbocycles. The van der Waals surface area contributed by atoms with E-state index in [0.29, 0.717) is 28.1 Å². The SMILES string of the molecule is CNC(=O)c1ccc2c(c1)/C(=C(/Nc1ccc(CN(C)C)cc1)c1ccccc1)C(=O)N2. The fourth-order valence-corrected chi connectivity index (χ4v) is 3.79. The van der Waals surface area contributed by atoms with Crippen LogP contribution in [0.1, 0.15) is 27.0 Å². The number of fused-ring (bicyclic) bond motifs is 1. The second-order valence-corrected chi connectivity index (χ2v) is 7.97. The number of anilines is 2. The smallest absolute Gasteiger partial charge is 0.258 e. The van der Waals surface area contributed by atoms with Crippen LogP contribution in [0.3, 0.4) is 0 Å². The van der Waals surface area contributed by atoms with Gasteiger partial charge in [-0.2, -0.15) is 0 Å². The van der Waals surface area contributed by atoms with Crippen molar-refractivity contribution < 1.29 is 9.59 Å². The normalized spacial score (nSPS) is 14.1. The van der Waals surface area contributed by atoms with Crippen LogP contribution in [0, 0.1) is 0 Å². The zero-order valence-corrected chi connectivity index (χ0v) is 18.4. The monoisotopic (exact) mass is 426 g/mol. The van der Waals surface area contributed by atoms with E-state index in [1.807, 2.05) is 56.6 Å². The first-order valence-corrected chi connectivity index (χ1v) is 10.4. The molecule has 1 aliphatic rings. The van der Waals surface area contributed by atoms with Crippen LogP contribution in [0.5, 0.6) is 0 Å². The summed E-state index contributed by atoms with van der Waals surface area (Å²) in [4.78, 5) is 27.4. The van der Waals surface area contributed by atoms with Crippen molar-refractivity contribution >= 4 is 34.5 Å². The van der Waals surface area contributed by atoms with Crippen LogP contribution in [-0.2, 0) is 11.3 Å². The average molecular weight is 427 g/mol. The Kier molecular flexibility index (Phi) is 6.05. The van der Waals surface area contributed by atoms with Crippen molar-refractivity contribution in [2.24, 2.45) is 0 Å². The van der Waals surface area contributed by atoms with Gasteiger partial charge in [0.1, 0.15) is 0 Å². The number of rotatable bonds is 6. The number of carbonyl (C=O) groups is 2. The third-order valence-corrected chi connectivity index (χ3v) is 5.29. The van der Waals surface area contributed by atoms with E-state index in [-0.39, 0.29) is 11.8 Å². The van der Waals surface area contributed by atoms with Crippen LogP contribution >= 0.6 is 0 Å². The van der Waals surface area contributed by atoms with Gasteiger partial charge in [-0.05, 0) is 55.6 Å². The molecular weight excluding hydrogens is 400 g/mol. The van der Waals surface area contributed by atoms with Crippen molar-refractivity contribution in [1.29, 1.82) is 0 Å². The molecule has 0 saturated carbocycles. The van der Waals surface area contributed by atoms with Gasteiger partial charge >= 0.3 is 0 Å². The van der Waals surface area contributed by atoms with Crippen LogP contribution in [0.15, 0.2) is 72.8 Å². The molecular formula is C26H26N4O2. The largest absolute Gasteiger partial charge is 0.355 e. The van der Waals surface area contributed by atoms with Gasteiger partial charge < -0.3 is 20.9 Å². The van der Waals surface area contributed by atoms with E-state index in [4.69, 9.17) is 0 Å².